The number of carbonyl (C=O) groups is 1. The zero-order valence-corrected chi connectivity index (χ0v) is 12.2. The summed E-state index contributed by atoms with van der Waals surface area (Å²) in [5.41, 5.74) is 0.722. The second-order valence-electron chi connectivity index (χ2n) is 5.59. The van der Waals surface area contributed by atoms with Gasteiger partial charge in [-0.3, -0.25) is 0 Å². The number of likely N-dealkylation sites (N-methyl/N-ethyl adjacent to an activating group) is 1. The van der Waals surface area contributed by atoms with Gasteiger partial charge in [0.1, 0.15) is 5.60 Å². The van der Waals surface area contributed by atoms with Crippen molar-refractivity contribution in [3.63, 3.8) is 0 Å². The first-order chi connectivity index (χ1) is 8.90. The summed E-state index contributed by atoms with van der Waals surface area (Å²) in [7, 11) is 1.87. The molecule has 1 amide bonds. The first-order valence-electron chi connectivity index (χ1n) is 6.59. The Labute approximate surface area is 115 Å². The third-order valence-electron chi connectivity index (χ3n) is 2.50. The fraction of sp³-hybridized carbons (Fsp3) is 0.533. The van der Waals surface area contributed by atoms with Crippen molar-refractivity contribution in [3.8, 4) is 0 Å². The standard InChI is InChI=1S/C15H24N2O2/c1-15(2,3)19-14(18)17-13(11-16-4)10-12-8-6-5-7-9-12/h5-9,13,16H,10-11H2,1-4H3,(H,17,18)/t13-/m0/s1. The average molecular weight is 264 g/mol. The van der Waals surface area contributed by atoms with Crippen molar-refractivity contribution in [2.24, 2.45) is 0 Å². The Balaban J connectivity index is 2.55. The van der Waals surface area contributed by atoms with Crippen molar-refractivity contribution in [3.05, 3.63) is 35.9 Å². The van der Waals surface area contributed by atoms with Gasteiger partial charge < -0.3 is 15.4 Å². The fourth-order valence-electron chi connectivity index (χ4n) is 1.79. The van der Waals surface area contributed by atoms with Gasteiger partial charge in [0.05, 0.1) is 0 Å². The monoisotopic (exact) mass is 264 g/mol. The molecule has 0 spiro atoms. The van der Waals surface area contributed by atoms with Gasteiger partial charge in [-0.05, 0) is 39.8 Å². The molecule has 0 aliphatic carbocycles. The van der Waals surface area contributed by atoms with E-state index in [1.807, 2.05) is 46.0 Å². The zero-order valence-electron chi connectivity index (χ0n) is 12.2. The van der Waals surface area contributed by atoms with Gasteiger partial charge in [-0.15, -0.1) is 0 Å². The topological polar surface area (TPSA) is 50.4 Å². The van der Waals surface area contributed by atoms with Crippen LogP contribution in [0.15, 0.2) is 30.3 Å². The molecule has 0 heterocycles. The minimum Gasteiger partial charge on any atom is -0.444 e. The summed E-state index contributed by atoms with van der Waals surface area (Å²) in [5.74, 6) is 0. The van der Waals surface area contributed by atoms with Crippen LogP contribution < -0.4 is 10.6 Å². The molecular formula is C15H24N2O2. The summed E-state index contributed by atoms with van der Waals surface area (Å²) in [5, 5.41) is 5.99. The highest BCUT2D eigenvalue weighted by Gasteiger charge is 2.19. The van der Waals surface area contributed by atoms with Gasteiger partial charge in [0.15, 0.2) is 0 Å². The highest BCUT2D eigenvalue weighted by molar-refractivity contribution is 5.68. The lowest BCUT2D eigenvalue weighted by molar-refractivity contribution is 0.0504. The van der Waals surface area contributed by atoms with Gasteiger partial charge in [-0.25, -0.2) is 4.79 Å². The summed E-state index contributed by atoms with van der Waals surface area (Å²) < 4.78 is 5.27. The molecule has 0 radical (unpaired) electrons. The smallest absolute Gasteiger partial charge is 0.407 e. The van der Waals surface area contributed by atoms with Crippen molar-refractivity contribution in [2.45, 2.75) is 38.8 Å². The molecule has 1 rings (SSSR count). The summed E-state index contributed by atoms with van der Waals surface area (Å²) in [6, 6.07) is 10.1. The highest BCUT2D eigenvalue weighted by Crippen LogP contribution is 2.08. The summed E-state index contributed by atoms with van der Waals surface area (Å²) in [6.45, 7) is 6.28. The summed E-state index contributed by atoms with van der Waals surface area (Å²) in [6.07, 6.45) is 0.407. The second kappa shape index (κ2) is 7.14. The van der Waals surface area contributed by atoms with E-state index in [2.05, 4.69) is 22.8 Å². The zero-order chi connectivity index (χ0) is 14.3. The van der Waals surface area contributed by atoms with Gasteiger partial charge in [0.25, 0.3) is 0 Å². The second-order valence-corrected chi connectivity index (χ2v) is 5.59. The quantitative estimate of drug-likeness (QED) is 0.858. The van der Waals surface area contributed by atoms with Crippen molar-refractivity contribution in [2.75, 3.05) is 13.6 Å². The Hall–Kier alpha value is -1.55. The predicted octanol–water partition coefficient (Wildman–Crippen LogP) is 2.34. The van der Waals surface area contributed by atoms with E-state index in [1.165, 1.54) is 5.56 Å². The fourth-order valence-corrected chi connectivity index (χ4v) is 1.79. The van der Waals surface area contributed by atoms with Crippen LogP contribution in [0.25, 0.3) is 0 Å². The van der Waals surface area contributed by atoms with E-state index < -0.39 is 5.60 Å². The highest BCUT2D eigenvalue weighted by atomic mass is 16.6. The van der Waals surface area contributed by atoms with Crippen LogP contribution in [0.5, 0.6) is 0 Å². The molecule has 0 bridgehead atoms. The molecular weight excluding hydrogens is 240 g/mol. The minimum atomic E-state index is -0.471. The molecule has 4 nitrogen and oxygen atoms in total. The Morgan fingerprint density at radius 2 is 1.89 bits per heavy atom. The lowest BCUT2D eigenvalue weighted by atomic mass is 10.1. The van der Waals surface area contributed by atoms with Crippen LogP contribution >= 0.6 is 0 Å². The molecule has 1 aromatic rings. The number of alkyl carbamates (subject to hydrolysis) is 1. The van der Waals surface area contributed by atoms with Crippen LogP contribution in [0.1, 0.15) is 26.3 Å². The van der Waals surface area contributed by atoms with Gasteiger partial charge in [-0.2, -0.15) is 0 Å². The van der Waals surface area contributed by atoms with E-state index in [1.54, 1.807) is 0 Å². The molecule has 0 aliphatic heterocycles. The van der Waals surface area contributed by atoms with E-state index in [4.69, 9.17) is 4.74 Å². The molecule has 0 aliphatic rings. The first kappa shape index (κ1) is 15.5. The maximum absolute atomic E-state index is 11.8. The number of rotatable bonds is 5. The average Bonchev–Trinajstić information content (AvgIpc) is 2.27. The number of amides is 1. The number of carbonyl (C=O) groups excluding carboxylic acids is 1. The Morgan fingerprint density at radius 3 is 2.42 bits per heavy atom. The van der Waals surface area contributed by atoms with E-state index in [0.717, 1.165) is 6.42 Å². The third-order valence-corrected chi connectivity index (χ3v) is 2.50. The largest absolute Gasteiger partial charge is 0.444 e. The molecule has 106 valence electrons. The summed E-state index contributed by atoms with van der Waals surface area (Å²) >= 11 is 0. The van der Waals surface area contributed by atoms with Gasteiger partial charge in [-0.1, -0.05) is 30.3 Å². The summed E-state index contributed by atoms with van der Waals surface area (Å²) in [4.78, 5) is 11.8. The maximum atomic E-state index is 11.8. The number of hydrogen-bond acceptors (Lipinski definition) is 3. The van der Waals surface area contributed by atoms with Crippen LogP contribution in [-0.4, -0.2) is 31.3 Å². The number of hydrogen-bond donors (Lipinski definition) is 2. The predicted molar refractivity (Wildman–Crippen MR) is 77.2 cm³/mol. The number of benzene rings is 1. The lowest BCUT2D eigenvalue weighted by Crippen LogP contribution is -2.44. The Bertz CT molecular complexity index is 385. The van der Waals surface area contributed by atoms with Crippen LogP contribution in [0.3, 0.4) is 0 Å². The molecule has 0 aromatic heterocycles. The van der Waals surface area contributed by atoms with Crippen molar-refractivity contribution >= 4 is 6.09 Å². The first-order valence-corrected chi connectivity index (χ1v) is 6.59. The Morgan fingerprint density at radius 1 is 1.26 bits per heavy atom. The van der Waals surface area contributed by atoms with Gasteiger partial charge in [0.2, 0.25) is 0 Å². The van der Waals surface area contributed by atoms with Crippen LogP contribution in [0, 0.1) is 0 Å². The van der Waals surface area contributed by atoms with Crippen molar-refractivity contribution in [1.82, 2.24) is 10.6 Å². The van der Waals surface area contributed by atoms with Crippen LogP contribution in [0.4, 0.5) is 4.79 Å². The Kier molecular flexibility index (Phi) is 5.83. The number of ether oxygens (including phenoxy) is 1. The molecule has 1 aromatic carbocycles. The third kappa shape index (κ3) is 6.82. The molecule has 2 N–H and O–H groups in total. The van der Waals surface area contributed by atoms with E-state index in [9.17, 15) is 4.79 Å². The van der Waals surface area contributed by atoms with Gasteiger partial charge >= 0.3 is 6.09 Å². The minimum absolute atomic E-state index is 0.0160. The van der Waals surface area contributed by atoms with Crippen molar-refractivity contribution in [1.29, 1.82) is 0 Å². The van der Waals surface area contributed by atoms with Gasteiger partial charge in [0, 0.05) is 12.6 Å². The molecule has 4 heteroatoms. The lowest BCUT2D eigenvalue weighted by Gasteiger charge is -2.23. The van der Waals surface area contributed by atoms with E-state index >= 15 is 0 Å². The molecule has 0 saturated carbocycles. The molecule has 0 unspecified atom stereocenters. The number of nitrogens with one attached hydrogen (secondary N) is 2. The maximum Gasteiger partial charge on any atom is 0.407 e. The van der Waals surface area contributed by atoms with Crippen LogP contribution in [-0.2, 0) is 11.2 Å². The van der Waals surface area contributed by atoms with Crippen molar-refractivity contribution < 1.29 is 9.53 Å². The van der Waals surface area contributed by atoms with E-state index in [0.29, 0.717) is 6.54 Å². The SMILES string of the molecule is CNC[C@H](Cc1ccccc1)NC(=O)OC(C)(C)C. The molecule has 1 atom stereocenters. The molecule has 0 fully saturated rings. The molecule has 0 saturated heterocycles. The van der Waals surface area contributed by atoms with Crippen LogP contribution in [0.2, 0.25) is 0 Å². The molecule has 19 heavy (non-hydrogen) atoms. The normalized spacial score (nSPS) is 12.8. The van der Waals surface area contributed by atoms with E-state index in [-0.39, 0.29) is 12.1 Å².